The van der Waals surface area contributed by atoms with Crippen LogP contribution in [0, 0.1) is 11.6 Å². The lowest BCUT2D eigenvalue weighted by Crippen LogP contribution is -2.31. The van der Waals surface area contributed by atoms with Crippen LogP contribution in [0.15, 0.2) is 18.2 Å². The normalized spacial score (nSPS) is 22.3. The van der Waals surface area contributed by atoms with Crippen molar-refractivity contribution in [2.45, 2.75) is 25.4 Å². The molecule has 1 aromatic carbocycles. The third-order valence-corrected chi connectivity index (χ3v) is 3.96. The second-order valence-electron chi connectivity index (χ2n) is 4.15. The molecule has 1 heterocycles. The third-order valence-electron chi connectivity index (χ3n) is 2.80. The molecule has 1 aliphatic heterocycles. The summed E-state index contributed by atoms with van der Waals surface area (Å²) in [7, 11) is 0. The molecular weight excluding hydrogens is 228 g/mol. The van der Waals surface area contributed by atoms with E-state index in [9.17, 15) is 8.78 Å². The van der Waals surface area contributed by atoms with Gasteiger partial charge in [0.2, 0.25) is 0 Å². The zero-order valence-corrected chi connectivity index (χ0v) is 9.99. The van der Waals surface area contributed by atoms with Gasteiger partial charge in [0.1, 0.15) is 11.6 Å². The molecule has 0 aliphatic carbocycles. The van der Waals surface area contributed by atoms with Gasteiger partial charge in [-0.1, -0.05) is 0 Å². The standard InChI is InChI=1S/C12H15F2NS/c1-8(15-12-2-3-16-7-12)9-4-10(13)6-11(14)5-9/h4-6,8,12,15H,2-3,7H2,1H3. The maximum Gasteiger partial charge on any atom is 0.126 e. The minimum absolute atomic E-state index is 0.00565. The van der Waals surface area contributed by atoms with Gasteiger partial charge in [0.15, 0.2) is 0 Å². The monoisotopic (exact) mass is 243 g/mol. The van der Waals surface area contributed by atoms with Crippen LogP contribution >= 0.6 is 11.8 Å². The van der Waals surface area contributed by atoms with Gasteiger partial charge in [0.25, 0.3) is 0 Å². The van der Waals surface area contributed by atoms with E-state index in [2.05, 4.69) is 5.32 Å². The van der Waals surface area contributed by atoms with E-state index in [1.165, 1.54) is 17.9 Å². The molecule has 16 heavy (non-hydrogen) atoms. The Balaban J connectivity index is 2.04. The number of hydrogen-bond acceptors (Lipinski definition) is 2. The van der Waals surface area contributed by atoms with Crippen LogP contribution in [0.3, 0.4) is 0 Å². The van der Waals surface area contributed by atoms with Crippen molar-refractivity contribution in [1.29, 1.82) is 0 Å². The topological polar surface area (TPSA) is 12.0 Å². The average molecular weight is 243 g/mol. The maximum absolute atomic E-state index is 13.0. The molecule has 1 saturated heterocycles. The van der Waals surface area contributed by atoms with E-state index < -0.39 is 11.6 Å². The highest BCUT2D eigenvalue weighted by Crippen LogP contribution is 2.22. The first-order valence-corrected chi connectivity index (χ1v) is 6.60. The number of hydrogen-bond donors (Lipinski definition) is 1. The summed E-state index contributed by atoms with van der Waals surface area (Å²) < 4.78 is 26.1. The first-order chi connectivity index (χ1) is 7.65. The summed E-state index contributed by atoms with van der Waals surface area (Å²) in [5.74, 6) is 1.23. The largest absolute Gasteiger partial charge is 0.307 e. The van der Waals surface area contributed by atoms with E-state index in [0.717, 1.165) is 18.2 Å². The molecule has 1 N–H and O–H groups in total. The maximum atomic E-state index is 13.0. The molecule has 4 heteroatoms. The fourth-order valence-electron chi connectivity index (χ4n) is 1.94. The fraction of sp³-hybridized carbons (Fsp3) is 0.500. The molecule has 1 nitrogen and oxygen atoms in total. The summed E-state index contributed by atoms with van der Waals surface area (Å²) in [5, 5.41) is 3.40. The molecule has 0 amide bonds. The molecule has 88 valence electrons. The molecule has 0 bridgehead atoms. The lowest BCUT2D eigenvalue weighted by atomic mass is 10.1. The minimum atomic E-state index is -0.510. The van der Waals surface area contributed by atoms with Crippen molar-refractivity contribution in [1.82, 2.24) is 5.32 Å². The van der Waals surface area contributed by atoms with Gasteiger partial charge in [-0.15, -0.1) is 0 Å². The molecule has 1 aromatic rings. The fourth-order valence-corrected chi connectivity index (χ4v) is 3.11. The van der Waals surface area contributed by atoms with Crippen LogP contribution in [0.5, 0.6) is 0 Å². The lowest BCUT2D eigenvalue weighted by Gasteiger charge is -2.19. The van der Waals surface area contributed by atoms with Crippen LogP contribution in [0.4, 0.5) is 8.78 Å². The summed E-state index contributed by atoms with van der Waals surface area (Å²) in [6.45, 7) is 1.94. The average Bonchev–Trinajstić information content (AvgIpc) is 2.68. The van der Waals surface area contributed by atoms with Gasteiger partial charge < -0.3 is 5.32 Å². The summed E-state index contributed by atoms with van der Waals surface area (Å²) >= 11 is 1.92. The van der Waals surface area contributed by atoms with Crippen LogP contribution < -0.4 is 5.32 Å². The molecule has 2 rings (SSSR count). The Morgan fingerprint density at radius 2 is 2.00 bits per heavy atom. The zero-order chi connectivity index (χ0) is 11.5. The van der Waals surface area contributed by atoms with E-state index in [1.54, 1.807) is 0 Å². The van der Waals surface area contributed by atoms with Crippen LogP contribution in [0.2, 0.25) is 0 Å². The summed E-state index contributed by atoms with van der Waals surface area (Å²) in [6.07, 6.45) is 1.13. The third kappa shape index (κ3) is 2.95. The SMILES string of the molecule is CC(NC1CCSC1)c1cc(F)cc(F)c1. The second-order valence-corrected chi connectivity index (χ2v) is 5.30. The van der Waals surface area contributed by atoms with E-state index in [1.807, 2.05) is 18.7 Å². The van der Waals surface area contributed by atoms with Gasteiger partial charge in [-0.3, -0.25) is 0 Å². The molecule has 0 radical (unpaired) electrons. The molecule has 0 aromatic heterocycles. The number of nitrogens with one attached hydrogen (secondary N) is 1. The van der Waals surface area contributed by atoms with Gasteiger partial charge in [-0.2, -0.15) is 11.8 Å². The van der Waals surface area contributed by atoms with E-state index in [4.69, 9.17) is 0 Å². The molecule has 1 aliphatic rings. The van der Waals surface area contributed by atoms with Gasteiger partial charge in [0.05, 0.1) is 0 Å². The summed E-state index contributed by atoms with van der Waals surface area (Å²) in [4.78, 5) is 0. The molecule has 0 saturated carbocycles. The smallest absolute Gasteiger partial charge is 0.126 e. The first kappa shape index (κ1) is 11.9. The Morgan fingerprint density at radius 1 is 1.31 bits per heavy atom. The highest BCUT2D eigenvalue weighted by atomic mass is 32.2. The van der Waals surface area contributed by atoms with Crippen molar-refractivity contribution < 1.29 is 8.78 Å². The second kappa shape index (κ2) is 5.15. The molecule has 2 atom stereocenters. The lowest BCUT2D eigenvalue weighted by molar-refractivity contribution is 0.480. The van der Waals surface area contributed by atoms with Crippen molar-refractivity contribution in [3.63, 3.8) is 0 Å². The Labute approximate surface area is 98.6 Å². The van der Waals surface area contributed by atoms with Crippen molar-refractivity contribution in [2.75, 3.05) is 11.5 Å². The van der Waals surface area contributed by atoms with Crippen molar-refractivity contribution in [2.24, 2.45) is 0 Å². The van der Waals surface area contributed by atoms with Gasteiger partial charge in [0, 0.05) is 23.9 Å². The van der Waals surface area contributed by atoms with Crippen LogP contribution in [-0.2, 0) is 0 Å². The van der Waals surface area contributed by atoms with Gasteiger partial charge in [-0.25, -0.2) is 8.78 Å². The van der Waals surface area contributed by atoms with E-state index in [0.29, 0.717) is 11.6 Å². The van der Waals surface area contributed by atoms with Gasteiger partial charge in [-0.05, 0) is 36.8 Å². The predicted octanol–water partition coefficient (Wildman–Crippen LogP) is 3.12. The molecule has 2 unspecified atom stereocenters. The van der Waals surface area contributed by atoms with Crippen molar-refractivity contribution >= 4 is 11.8 Å². The highest BCUT2D eigenvalue weighted by Gasteiger charge is 2.18. The number of halogens is 2. The Hall–Kier alpha value is -0.610. The predicted molar refractivity (Wildman–Crippen MR) is 63.6 cm³/mol. The van der Waals surface area contributed by atoms with E-state index >= 15 is 0 Å². The van der Waals surface area contributed by atoms with Gasteiger partial charge >= 0.3 is 0 Å². The highest BCUT2D eigenvalue weighted by molar-refractivity contribution is 7.99. The Kier molecular flexibility index (Phi) is 3.82. The molecule has 1 fully saturated rings. The minimum Gasteiger partial charge on any atom is -0.307 e. The Morgan fingerprint density at radius 3 is 2.56 bits per heavy atom. The Bertz CT molecular complexity index is 344. The van der Waals surface area contributed by atoms with Crippen LogP contribution in [-0.4, -0.2) is 17.5 Å². The molecular formula is C12H15F2NS. The number of benzene rings is 1. The quantitative estimate of drug-likeness (QED) is 0.875. The number of rotatable bonds is 3. The van der Waals surface area contributed by atoms with Crippen molar-refractivity contribution in [3.05, 3.63) is 35.4 Å². The first-order valence-electron chi connectivity index (χ1n) is 5.45. The van der Waals surface area contributed by atoms with Crippen LogP contribution in [0.1, 0.15) is 24.9 Å². The van der Waals surface area contributed by atoms with E-state index in [-0.39, 0.29) is 6.04 Å². The van der Waals surface area contributed by atoms with Crippen LogP contribution in [0.25, 0.3) is 0 Å². The van der Waals surface area contributed by atoms with Crippen molar-refractivity contribution in [3.8, 4) is 0 Å². The summed E-state index contributed by atoms with van der Waals surface area (Å²) in [5.41, 5.74) is 0.675. The summed E-state index contributed by atoms with van der Waals surface area (Å²) in [6, 6.07) is 4.15. The number of thioether (sulfide) groups is 1. The zero-order valence-electron chi connectivity index (χ0n) is 9.17. The molecule has 0 spiro atoms.